The molecule has 0 atom stereocenters. The second kappa shape index (κ2) is 8.94. The summed E-state index contributed by atoms with van der Waals surface area (Å²) in [7, 11) is -3.69. The van der Waals surface area contributed by atoms with Crippen LogP contribution in [0, 0.1) is 0 Å². The van der Waals surface area contributed by atoms with Gasteiger partial charge in [0, 0.05) is 19.6 Å². The van der Waals surface area contributed by atoms with Gasteiger partial charge < -0.3 is 10.4 Å². The molecule has 3 rings (SSSR count). The number of sulfonamides is 1. The highest BCUT2D eigenvalue weighted by molar-refractivity contribution is 7.89. The Balaban J connectivity index is 1.78. The van der Waals surface area contributed by atoms with Gasteiger partial charge in [0.1, 0.15) is 0 Å². The lowest BCUT2D eigenvalue weighted by Crippen LogP contribution is -2.35. The van der Waals surface area contributed by atoms with E-state index in [9.17, 15) is 18.0 Å². The van der Waals surface area contributed by atoms with E-state index in [1.54, 1.807) is 12.1 Å². The highest BCUT2D eigenvalue weighted by atomic mass is 35.5. The maximum atomic E-state index is 12.8. The van der Waals surface area contributed by atoms with Crippen LogP contribution < -0.4 is 5.32 Å². The number of rotatable bonds is 6. The Morgan fingerprint density at radius 1 is 1.07 bits per heavy atom. The summed E-state index contributed by atoms with van der Waals surface area (Å²) in [5.41, 5.74) is 0.773. The van der Waals surface area contributed by atoms with Gasteiger partial charge in [0.15, 0.2) is 0 Å². The van der Waals surface area contributed by atoms with Crippen LogP contribution in [0.3, 0.4) is 0 Å². The Hall–Kier alpha value is -2.42. The molecule has 29 heavy (non-hydrogen) atoms. The van der Waals surface area contributed by atoms with Gasteiger partial charge in [0.2, 0.25) is 10.0 Å². The minimum atomic E-state index is -3.69. The van der Waals surface area contributed by atoms with Crippen LogP contribution >= 0.6 is 11.6 Å². The van der Waals surface area contributed by atoms with Crippen LogP contribution in [0.15, 0.2) is 47.4 Å². The van der Waals surface area contributed by atoms with E-state index in [2.05, 4.69) is 5.32 Å². The van der Waals surface area contributed by atoms with E-state index < -0.39 is 21.9 Å². The van der Waals surface area contributed by atoms with Gasteiger partial charge in [0.05, 0.1) is 21.0 Å². The molecule has 2 N–H and O–H groups in total. The van der Waals surface area contributed by atoms with E-state index in [1.165, 1.54) is 34.6 Å². The monoisotopic (exact) mass is 436 g/mol. The third-order valence-corrected chi connectivity index (χ3v) is 6.99. The predicted molar refractivity (Wildman–Crippen MR) is 109 cm³/mol. The molecule has 1 aliphatic rings. The van der Waals surface area contributed by atoms with Crippen molar-refractivity contribution in [1.29, 1.82) is 0 Å². The van der Waals surface area contributed by atoms with Gasteiger partial charge in [-0.15, -0.1) is 0 Å². The summed E-state index contributed by atoms with van der Waals surface area (Å²) in [6.45, 7) is 1.01. The SMILES string of the molecule is O=C(O)c1cccc(CNC(=O)c2cc(S(=O)(=O)N3CCCCC3)ccc2Cl)c1. The lowest BCUT2D eigenvalue weighted by Gasteiger charge is -2.26. The Morgan fingerprint density at radius 3 is 2.48 bits per heavy atom. The molecule has 1 fully saturated rings. The van der Waals surface area contributed by atoms with Gasteiger partial charge >= 0.3 is 5.97 Å². The highest BCUT2D eigenvalue weighted by Crippen LogP contribution is 2.25. The number of carboxylic acids is 1. The summed E-state index contributed by atoms with van der Waals surface area (Å²) >= 11 is 6.13. The smallest absolute Gasteiger partial charge is 0.335 e. The van der Waals surface area contributed by atoms with Crippen molar-refractivity contribution in [2.24, 2.45) is 0 Å². The van der Waals surface area contributed by atoms with Crippen LogP contribution in [0.2, 0.25) is 5.02 Å². The first-order valence-corrected chi connectivity index (χ1v) is 11.0. The van der Waals surface area contributed by atoms with Crippen molar-refractivity contribution >= 4 is 33.5 Å². The molecule has 0 unspecified atom stereocenters. The second-order valence-electron chi connectivity index (χ2n) is 6.79. The van der Waals surface area contributed by atoms with Crippen LogP contribution in [-0.4, -0.2) is 42.8 Å². The summed E-state index contributed by atoms with van der Waals surface area (Å²) in [5.74, 6) is -1.59. The van der Waals surface area contributed by atoms with E-state index in [4.69, 9.17) is 16.7 Å². The molecule has 7 nitrogen and oxygen atoms in total. The summed E-state index contributed by atoms with van der Waals surface area (Å²) in [4.78, 5) is 23.7. The normalized spacial score (nSPS) is 15.1. The molecule has 154 valence electrons. The third-order valence-electron chi connectivity index (χ3n) is 4.76. The number of carboxylic acid groups (broad SMARTS) is 1. The number of carbonyl (C=O) groups is 2. The molecule has 0 bridgehead atoms. The second-order valence-corrected chi connectivity index (χ2v) is 9.14. The quantitative estimate of drug-likeness (QED) is 0.723. The van der Waals surface area contributed by atoms with Crippen LogP contribution in [-0.2, 0) is 16.6 Å². The summed E-state index contributed by atoms with van der Waals surface area (Å²) in [6, 6.07) is 10.3. The van der Waals surface area contributed by atoms with Crippen LogP contribution in [0.25, 0.3) is 0 Å². The number of piperidine rings is 1. The molecule has 0 spiro atoms. The Morgan fingerprint density at radius 2 is 1.79 bits per heavy atom. The number of aromatic carboxylic acids is 1. The first-order valence-electron chi connectivity index (χ1n) is 9.19. The number of carbonyl (C=O) groups excluding carboxylic acids is 1. The van der Waals surface area contributed by atoms with Crippen molar-refractivity contribution in [3.05, 3.63) is 64.2 Å². The fourth-order valence-corrected chi connectivity index (χ4v) is 4.93. The average molecular weight is 437 g/mol. The molecule has 9 heteroatoms. The number of hydrogen-bond acceptors (Lipinski definition) is 4. The number of amides is 1. The lowest BCUT2D eigenvalue weighted by molar-refractivity contribution is 0.0696. The van der Waals surface area contributed by atoms with Gasteiger partial charge in [-0.25, -0.2) is 13.2 Å². The van der Waals surface area contributed by atoms with Gasteiger partial charge in [-0.1, -0.05) is 30.2 Å². The minimum absolute atomic E-state index is 0.0295. The zero-order chi connectivity index (χ0) is 21.0. The van der Waals surface area contributed by atoms with Gasteiger partial charge in [-0.05, 0) is 48.7 Å². The Kier molecular flexibility index (Phi) is 6.56. The average Bonchev–Trinajstić information content (AvgIpc) is 2.73. The molecule has 2 aromatic carbocycles. The van der Waals surface area contributed by atoms with Crippen molar-refractivity contribution in [2.75, 3.05) is 13.1 Å². The molecule has 0 radical (unpaired) electrons. The Bertz CT molecular complexity index is 1030. The standard InChI is InChI=1S/C20H21ClN2O5S/c21-18-8-7-16(29(27,28)23-9-2-1-3-10-23)12-17(18)19(24)22-13-14-5-4-6-15(11-14)20(25)26/h4-8,11-12H,1-3,9-10,13H2,(H,22,24)(H,25,26). The maximum absolute atomic E-state index is 12.8. The molecule has 1 aliphatic heterocycles. The number of benzene rings is 2. The summed E-state index contributed by atoms with van der Waals surface area (Å²) in [6.07, 6.45) is 2.63. The van der Waals surface area contributed by atoms with Crippen molar-refractivity contribution in [1.82, 2.24) is 9.62 Å². The van der Waals surface area contributed by atoms with Crippen LogP contribution in [0.4, 0.5) is 0 Å². The number of nitrogens with zero attached hydrogens (tertiary/aromatic N) is 1. The van der Waals surface area contributed by atoms with Crippen molar-refractivity contribution in [2.45, 2.75) is 30.7 Å². The number of nitrogens with one attached hydrogen (secondary N) is 1. The number of halogens is 1. The fraction of sp³-hybridized carbons (Fsp3) is 0.300. The molecule has 1 saturated heterocycles. The fourth-order valence-electron chi connectivity index (χ4n) is 3.19. The Labute approximate surface area is 174 Å². The molecular formula is C20H21ClN2O5S. The van der Waals surface area contributed by atoms with Gasteiger partial charge in [0.25, 0.3) is 5.91 Å². The maximum Gasteiger partial charge on any atom is 0.335 e. The molecule has 1 heterocycles. The van der Waals surface area contributed by atoms with Gasteiger partial charge in [-0.3, -0.25) is 4.79 Å². The first kappa shape index (κ1) is 21.3. The molecule has 0 aliphatic carbocycles. The first-order chi connectivity index (χ1) is 13.8. The van der Waals surface area contributed by atoms with E-state index in [1.807, 2.05) is 0 Å². The van der Waals surface area contributed by atoms with Gasteiger partial charge in [-0.2, -0.15) is 4.31 Å². The molecule has 0 saturated carbocycles. The third kappa shape index (κ3) is 4.95. The zero-order valence-corrected chi connectivity index (χ0v) is 17.2. The van der Waals surface area contributed by atoms with Crippen molar-refractivity contribution in [3.63, 3.8) is 0 Å². The van der Waals surface area contributed by atoms with E-state index in [-0.39, 0.29) is 27.6 Å². The molecule has 0 aromatic heterocycles. The zero-order valence-electron chi connectivity index (χ0n) is 15.6. The van der Waals surface area contributed by atoms with Crippen molar-refractivity contribution < 1.29 is 23.1 Å². The minimum Gasteiger partial charge on any atom is -0.478 e. The predicted octanol–water partition coefficient (Wildman–Crippen LogP) is 3.14. The van der Waals surface area contributed by atoms with Crippen LogP contribution in [0.5, 0.6) is 0 Å². The van der Waals surface area contributed by atoms with Crippen LogP contribution in [0.1, 0.15) is 45.5 Å². The molecular weight excluding hydrogens is 416 g/mol. The topological polar surface area (TPSA) is 104 Å². The summed E-state index contributed by atoms with van der Waals surface area (Å²) < 4.78 is 27.1. The molecule has 2 aromatic rings. The highest BCUT2D eigenvalue weighted by Gasteiger charge is 2.27. The van der Waals surface area contributed by atoms with Crippen molar-refractivity contribution in [3.8, 4) is 0 Å². The van der Waals surface area contributed by atoms with E-state index in [0.29, 0.717) is 18.7 Å². The van der Waals surface area contributed by atoms with E-state index >= 15 is 0 Å². The lowest BCUT2D eigenvalue weighted by atomic mass is 10.1. The summed E-state index contributed by atoms with van der Waals surface area (Å²) in [5, 5.41) is 11.8. The molecule has 1 amide bonds. The number of hydrogen-bond donors (Lipinski definition) is 2. The van der Waals surface area contributed by atoms with E-state index in [0.717, 1.165) is 19.3 Å². The largest absolute Gasteiger partial charge is 0.478 e.